The SMILES string of the molecule is CNC(=O)c1ccc(N2CCN(CC3CN(C(C)C)CCO3)CC2)nn1. The number of amides is 1. The summed E-state index contributed by atoms with van der Waals surface area (Å²) in [5, 5.41) is 10.8. The molecule has 0 aromatic carbocycles. The minimum Gasteiger partial charge on any atom is -0.374 e. The fourth-order valence-electron chi connectivity index (χ4n) is 3.51. The Hall–Kier alpha value is -1.77. The van der Waals surface area contributed by atoms with E-state index in [9.17, 15) is 4.79 Å². The van der Waals surface area contributed by atoms with Crippen molar-refractivity contribution < 1.29 is 9.53 Å². The van der Waals surface area contributed by atoms with Gasteiger partial charge in [-0.15, -0.1) is 10.2 Å². The normalized spacial score (nSPS) is 22.6. The first-order valence-corrected chi connectivity index (χ1v) is 9.45. The lowest BCUT2D eigenvalue weighted by Crippen LogP contribution is -2.53. The number of hydrogen-bond donors (Lipinski definition) is 1. The predicted molar refractivity (Wildman–Crippen MR) is 101 cm³/mol. The third-order valence-corrected chi connectivity index (χ3v) is 5.17. The number of rotatable bonds is 5. The van der Waals surface area contributed by atoms with Crippen molar-refractivity contribution in [3.63, 3.8) is 0 Å². The van der Waals surface area contributed by atoms with Gasteiger partial charge in [0.1, 0.15) is 0 Å². The zero-order chi connectivity index (χ0) is 18.5. The summed E-state index contributed by atoms with van der Waals surface area (Å²) in [5.74, 6) is 0.619. The quantitative estimate of drug-likeness (QED) is 0.794. The minimum atomic E-state index is -0.211. The van der Waals surface area contributed by atoms with E-state index in [-0.39, 0.29) is 5.91 Å². The summed E-state index contributed by atoms with van der Waals surface area (Å²) >= 11 is 0. The van der Waals surface area contributed by atoms with E-state index in [0.717, 1.165) is 58.2 Å². The van der Waals surface area contributed by atoms with Gasteiger partial charge in [0, 0.05) is 58.9 Å². The first-order valence-electron chi connectivity index (χ1n) is 9.45. The van der Waals surface area contributed by atoms with Crippen molar-refractivity contribution in [2.75, 3.05) is 64.4 Å². The Morgan fingerprint density at radius 2 is 2.00 bits per heavy atom. The molecule has 1 aromatic rings. The molecule has 0 radical (unpaired) electrons. The van der Waals surface area contributed by atoms with Gasteiger partial charge in [0.15, 0.2) is 11.5 Å². The largest absolute Gasteiger partial charge is 0.374 e. The van der Waals surface area contributed by atoms with Crippen LogP contribution in [-0.4, -0.2) is 97.5 Å². The number of hydrogen-bond acceptors (Lipinski definition) is 7. The summed E-state index contributed by atoms with van der Waals surface area (Å²) < 4.78 is 5.96. The summed E-state index contributed by atoms with van der Waals surface area (Å²) in [6.07, 6.45) is 0.296. The average molecular weight is 362 g/mol. The van der Waals surface area contributed by atoms with E-state index in [1.54, 1.807) is 13.1 Å². The first kappa shape index (κ1) is 19.0. The van der Waals surface area contributed by atoms with Crippen molar-refractivity contribution in [2.45, 2.75) is 26.0 Å². The Morgan fingerprint density at radius 3 is 2.62 bits per heavy atom. The molecule has 0 spiro atoms. The molecule has 3 heterocycles. The van der Waals surface area contributed by atoms with Crippen molar-refractivity contribution in [1.82, 2.24) is 25.3 Å². The topological polar surface area (TPSA) is 73.8 Å². The molecule has 1 amide bonds. The van der Waals surface area contributed by atoms with Crippen molar-refractivity contribution in [1.29, 1.82) is 0 Å². The van der Waals surface area contributed by atoms with Crippen molar-refractivity contribution in [2.24, 2.45) is 0 Å². The summed E-state index contributed by atoms with van der Waals surface area (Å²) in [6, 6.07) is 4.18. The molecule has 1 unspecified atom stereocenters. The molecule has 8 heteroatoms. The van der Waals surface area contributed by atoms with Gasteiger partial charge in [0.05, 0.1) is 12.7 Å². The van der Waals surface area contributed by atoms with Crippen molar-refractivity contribution >= 4 is 11.7 Å². The van der Waals surface area contributed by atoms with Crippen LogP contribution in [0.3, 0.4) is 0 Å². The van der Waals surface area contributed by atoms with E-state index in [4.69, 9.17) is 4.74 Å². The molecule has 26 heavy (non-hydrogen) atoms. The summed E-state index contributed by atoms with van der Waals surface area (Å²) in [7, 11) is 1.59. The Morgan fingerprint density at radius 1 is 1.23 bits per heavy atom. The van der Waals surface area contributed by atoms with Crippen LogP contribution in [0.4, 0.5) is 5.82 Å². The molecule has 2 aliphatic rings. The maximum atomic E-state index is 11.5. The number of morpholine rings is 1. The first-order chi connectivity index (χ1) is 12.6. The number of nitrogens with zero attached hydrogens (tertiary/aromatic N) is 5. The molecular formula is C18H30N6O2. The van der Waals surface area contributed by atoms with Gasteiger partial charge in [0.25, 0.3) is 5.91 Å². The number of carbonyl (C=O) groups excluding carboxylic acids is 1. The van der Waals surface area contributed by atoms with E-state index >= 15 is 0 Å². The van der Waals surface area contributed by atoms with E-state index < -0.39 is 0 Å². The maximum absolute atomic E-state index is 11.5. The molecule has 2 fully saturated rings. The van der Waals surface area contributed by atoms with Crippen LogP contribution >= 0.6 is 0 Å². The third kappa shape index (κ3) is 4.69. The highest BCUT2D eigenvalue weighted by Crippen LogP contribution is 2.15. The zero-order valence-corrected chi connectivity index (χ0v) is 16.0. The van der Waals surface area contributed by atoms with Crippen LogP contribution in [0.15, 0.2) is 12.1 Å². The molecule has 0 saturated carbocycles. The second kappa shape index (κ2) is 8.75. The lowest BCUT2D eigenvalue weighted by Gasteiger charge is -2.40. The summed E-state index contributed by atoms with van der Waals surface area (Å²) in [6.45, 7) is 12.2. The standard InChI is InChI=1S/C18H30N6O2/c1-14(2)24-10-11-26-15(13-24)12-22-6-8-23(9-7-22)17-5-4-16(20-21-17)18(25)19-3/h4-5,14-15H,6-13H2,1-3H3,(H,19,25). The highest BCUT2D eigenvalue weighted by molar-refractivity contribution is 5.91. The van der Waals surface area contributed by atoms with Gasteiger partial charge in [-0.1, -0.05) is 0 Å². The fraction of sp³-hybridized carbons (Fsp3) is 0.722. The van der Waals surface area contributed by atoms with Crippen LogP contribution in [0.1, 0.15) is 24.3 Å². The molecule has 0 aliphatic carbocycles. The van der Waals surface area contributed by atoms with E-state index in [1.165, 1.54) is 0 Å². The number of anilines is 1. The Labute approximate surface area is 155 Å². The van der Waals surface area contributed by atoms with Crippen LogP contribution in [-0.2, 0) is 4.74 Å². The smallest absolute Gasteiger partial charge is 0.271 e. The van der Waals surface area contributed by atoms with E-state index in [2.05, 4.69) is 44.1 Å². The predicted octanol–water partition coefficient (Wildman–Crippen LogP) is 0.0674. The monoisotopic (exact) mass is 362 g/mol. The number of ether oxygens (including phenoxy) is 1. The number of piperazine rings is 1. The molecular weight excluding hydrogens is 332 g/mol. The summed E-state index contributed by atoms with van der Waals surface area (Å²) in [5.41, 5.74) is 0.346. The number of nitrogens with one attached hydrogen (secondary N) is 1. The third-order valence-electron chi connectivity index (χ3n) is 5.17. The van der Waals surface area contributed by atoms with Gasteiger partial charge in [0.2, 0.25) is 0 Å². The van der Waals surface area contributed by atoms with Crippen molar-refractivity contribution in [3.05, 3.63) is 17.8 Å². The molecule has 3 rings (SSSR count). The second-order valence-corrected chi connectivity index (χ2v) is 7.23. The van der Waals surface area contributed by atoms with Crippen LogP contribution in [0.2, 0.25) is 0 Å². The molecule has 1 N–H and O–H groups in total. The zero-order valence-electron chi connectivity index (χ0n) is 16.0. The molecule has 1 atom stereocenters. The average Bonchev–Trinajstić information content (AvgIpc) is 2.68. The highest BCUT2D eigenvalue weighted by atomic mass is 16.5. The van der Waals surface area contributed by atoms with Gasteiger partial charge in [-0.3, -0.25) is 14.6 Å². The van der Waals surface area contributed by atoms with Crippen LogP contribution in [0.25, 0.3) is 0 Å². The Balaban J connectivity index is 1.47. The molecule has 0 bridgehead atoms. The van der Waals surface area contributed by atoms with Gasteiger partial charge in [-0.25, -0.2) is 0 Å². The maximum Gasteiger partial charge on any atom is 0.271 e. The van der Waals surface area contributed by atoms with Gasteiger partial charge >= 0.3 is 0 Å². The van der Waals surface area contributed by atoms with Gasteiger partial charge in [-0.05, 0) is 26.0 Å². The Kier molecular flexibility index (Phi) is 6.39. The number of aromatic nitrogens is 2. The fourth-order valence-corrected chi connectivity index (χ4v) is 3.51. The lowest BCUT2D eigenvalue weighted by atomic mass is 10.2. The van der Waals surface area contributed by atoms with Crippen molar-refractivity contribution in [3.8, 4) is 0 Å². The second-order valence-electron chi connectivity index (χ2n) is 7.23. The van der Waals surface area contributed by atoms with E-state index in [0.29, 0.717) is 17.8 Å². The minimum absolute atomic E-state index is 0.211. The van der Waals surface area contributed by atoms with Crippen LogP contribution < -0.4 is 10.2 Å². The number of carbonyl (C=O) groups is 1. The van der Waals surface area contributed by atoms with Gasteiger partial charge in [-0.2, -0.15) is 0 Å². The summed E-state index contributed by atoms with van der Waals surface area (Å²) in [4.78, 5) is 18.7. The Bertz CT molecular complexity index is 586. The molecule has 1 aromatic heterocycles. The van der Waals surface area contributed by atoms with E-state index in [1.807, 2.05) is 6.07 Å². The lowest BCUT2D eigenvalue weighted by molar-refractivity contribution is -0.0525. The molecule has 2 aliphatic heterocycles. The van der Waals surface area contributed by atoms with Crippen LogP contribution in [0.5, 0.6) is 0 Å². The van der Waals surface area contributed by atoms with Gasteiger partial charge < -0.3 is 15.0 Å². The molecule has 144 valence electrons. The highest BCUT2D eigenvalue weighted by Gasteiger charge is 2.26. The molecule has 8 nitrogen and oxygen atoms in total. The molecule has 2 saturated heterocycles. The van der Waals surface area contributed by atoms with Crippen LogP contribution in [0, 0.1) is 0 Å².